The van der Waals surface area contributed by atoms with E-state index in [1.165, 1.54) is 17.5 Å². The third-order valence-corrected chi connectivity index (χ3v) is 3.76. The molecule has 24 heavy (non-hydrogen) atoms. The summed E-state index contributed by atoms with van der Waals surface area (Å²) in [4.78, 5) is 8.46. The summed E-state index contributed by atoms with van der Waals surface area (Å²) in [5, 5.41) is 15.6. The van der Waals surface area contributed by atoms with E-state index in [2.05, 4.69) is 52.7 Å². The predicted octanol–water partition coefficient (Wildman–Crippen LogP) is 4.45. The average molecular weight is 315 g/mol. The van der Waals surface area contributed by atoms with E-state index in [1.807, 2.05) is 30.3 Å². The number of para-hydroxylation sites is 1. The molecule has 3 aromatic rings. The summed E-state index contributed by atoms with van der Waals surface area (Å²) in [5.74, 6) is 1.31. The summed E-state index contributed by atoms with van der Waals surface area (Å²) in [6, 6.07) is 17.4. The zero-order valence-electron chi connectivity index (χ0n) is 13.5. The standard InChI is InChI=1S/C19H17N5/c1-13-7-8-16(9-14(13)2)23-18-10-19(22-12-21-18)24-17-6-4-3-5-15(17)11-20/h3-10,12H,1-2H3,(H2,21,22,23,24). The maximum Gasteiger partial charge on any atom is 0.135 e. The second-order valence-corrected chi connectivity index (χ2v) is 5.49. The molecule has 118 valence electrons. The van der Waals surface area contributed by atoms with Gasteiger partial charge in [0, 0.05) is 11.8 Å². The molecule has 0 fully saturated rings. The normalized spacial score (nSPS) is 10.0. The molecule has 2 N–H and O–H groups in total. The summed E-state index contributed by atoms with van der Waals surface area (Å²) < 4.78 is 0. The summed E-state index contributed by atoms with van der Waals surface area (Å²) in [7, 11) is 0. The summed E-state index contributed by atoms with van der Waals surface area (Å²) in [6.45, 7) is 4.16. The van der Waals surface area contributed by atoms with Crippen molar-refractivity contribution in [2.24, 2.45) is 0 Å². The topological polar surface area (TPSA) is 73.6 Å². The van der Waals surface area contributed by atoms with Crippen molar-refractivity contribution in [3.8, 4) is 6.07 Å². The first-order valence-corrected chi connectivity index (χ1v) is 7.58. The molecule has 0 amide bonds. The van der Waals surface area contributed by atoms with Crippen LogP contribution in [-0.2, 0) is 0 Å². The quantitative estimate of drug-likeness (QED) is 0.744. The fourth-order valence-electron chi connectivity index (χ4n) is 2.29. The Kier molecular flexibility index (Phi) is 4.39. The summed E-state index contributed by atoms with van der Waals surface area (Å²) in [6.07, 6.45) is 1.49. The lowest BCUT2D eigenvalue weighted by Crippen LogP contribution is -2.00. The molecule has 0 aliphatic heterocycles. The van der Waals surface area contributed by atoms with Crippen LogP contribution in [0.25, 0.3) is 0 Å². The van der Waals surface area contributed by atoms with E-state index in [9.17, 15) is 0 Å². The van der Waals surface area contributed by atoms with Gasteiger partial charge < -0.3 is 10.6 Å². The number of hydrogen-bond acceptors (Lipinski definition) is 5. The van der Waals surface area contributed by atoms with Crippen molar-refractivity contribution in [2.45, 2.75) is 13.8 Å². The molecule has 2 aromatic carbocycles. The monoisotopic (exact) mass is 315 g/mol. The minimum atomic E-state index is 0.569. The van der Waals surface area contributed by atoms with Crippen molar-refractivity contribution in [2.75, 3.05) is 10.6 Å². The van der Waals surface area contributed by atoms with Crippen molar-refractivity contribution >= 4 is 23.0 Å². The lowest BCUT2D eigenvalue weighted by molar-refractivity contribution is 1.16. The van der Waals surface area contributed by atoms with E-state index in [0.29, 0.717) is 17.2 Å². The van der Waals surface area contributed by atoms with Crippen LogP contribution in [0.15, 0.2) is 54.9 Å². The van der Waals surface area contributed by atoms with Crippen LogP contribution in [0.5, 0.6) is 0 Å². The van der Waals surface area contributed by atoms with Gasteiger partial charge in [-0.15, -0.1) is 0 Å². The minimum Gasteiger partial charge on any atom is -0.340 e. The number of nitrogens with zero attached hydrogens (tertiary/aromatic N) is 3. The number of nitrogens with one attached hydrogen (secondary N) is 2. The molecular formula is C19H17N5. The maximum atomic E-state index is 9.16. The Morgan fingerprint density at radius 2 is 1.62 bits per heavy atom. The molecule has 0 radical (unpaired) electrons. The number of aryl methyl sites for hydroxylation is 2. The SMILES string of the molecule is Cc1ccc(Nc2cc(Nc3ccccc3C#N)ncn2)cc1C. The summed E-state index contributed by atoms with van der Waals surface area (Å²) >= 11 is 0. The van der Waals surface area contributed by atoms with Gasteiger partial charge in [0.15, 0.2) is 0 Å². The lowest BCUT2D eigenvalue weighted by Gasteiger charge is -2.10. The molecule has 0 saturated heterocycles. The molecular weight excluding hydrogens is 298 g/mol. The zero-order chi connectivity index (χ0) is 16.9. The first kappa shape index (κ1) is 15.5. The highest BCUT2D eigenvalue weighted by molar-refractivity contribution is 5.67. The third kappa shape index (κ3) is 3.50. The molecule has 0 spiro atoms. The van der Waals surface area contributed by atoms with E-state index >= 15 is 0 Å². The number of nitriles is 1. The second-order valence-electron chi connectivity index (χ2n) is 5.49. The fraction of sp³-hybridized carbons (Fsp3) is 0.105. The van der Waals surface area contributed by atoms with Gasteiger partial charge in [-0.3, -0.25) is 0 Å². The van der Waals surface area contributed by atoms with E-state index in [0.717, 1.165) is 11.4 Å². The van der Waals surface area contributed by atoms with Crippen LogP contribution >= 0.6 is 0 Å². The number of aromatic nitrogens is 2. The highest BCUT2D eigenvalue weighted by Gasteiger charge is 2.04. The molecule has 0 atom stereocenters. The Hall–Kier alpha value is -3.39. The molecule has 0 bridgehead atoms. The van der Waals surface area contributed by atoms with Gasteiger partial charge in [-0.05, 0) is 49.2 Å². The number of hydrogen-bond donors (Lipinski definition) is 2. The Morgan fingerprint density at radius 3 is 2.38 bits per heavy atom. The predicted molar refractivity (Wildman–Crippen MR) is 95.7 cm³/mol. The molecule has 0 aliphatic rings. The highest BCUT2D eigenvalue weighted by Crippen LogP contribution is 2.22. The number of benzene rings is 2. The molecule has 1 aromatic heterocycles. The second kappa shape index (κ2) is 6.80. The van der Waals surface area contributed by atoms with Crippen LogP contribution in [0.1, 0.15) is 16.7 Å². The number of rotatable bonds is 4. The van der Waals surface area contributed by atoms with Gasteiger partial charge in [0.05, 0.1) is 11.3 Å². The van der Waals surface area contributed by atoms with Gasteiger partial charge in [-0.2, -0.15) is 5.26 Å². The summed E-state index contributed by atoms with van der Waals surface area (Å²) in [5.41, 5.74) is 4.73. The Balaban J connectivity index is 1.81. The van der Waals surface area contributed by atoms with Gasteiger partial charge in [-0.25, -0.2) is 9.97 Å². The first-order valence-electron chi connectivity index (χ1n) is 7.58. The van der Waals surface area contributed by atoms with Gasteiger partial charge in [0.1, 0.15) is 24.0 Å². The minimum absolute atomic E-state index is 0.569. The van der Waals surface area contributed by atoms with Gasteiger partial charge in [-0.1, -0.05) is 18.2 Å². The van der Waals surface area contributed by atoms with Gasteiger partial charge in [0.2, 0.25) is 0 Å². The fourth-order valence-corrected chi connectivity index (χ4v) is 2.29. The zero-order valence-corrected chi connectivity index (χ0v) is 13.5. The molecule has 0 aliphatic carbocycles. The molecule has 5 heteroatoms. The van der Waals surface area contributed by atoms with Crippen molar-refractivity contribution in [3.05, 3.63) is 71.5 Å². The van der Waals surface area contributed by atoms with E-state index in [-0.39, 0.29) is 0 Å². The van der Waals surface area contributed by atoms with Crippen LogP contribution in [0, 0.1) is 25.2 Å². The van der Waals surface area contributed by atoms with E-state index in [1.54, 1.807) is 6.07 Å². The van der Waals surface area contributed by atoms with Gasteiger partial charge >= 0.3 is 0 Å². The lowest BCUT2D eigenvalue weighted by atomic mass is 10.1. The van der Waals surface area contributed by atoms with Crippen LogP contribution < -0.4 is 10.6 Å². The number of anilines is 4. The Morgan fingerprint density at radius 1 is 0.875 bits per heavy atom. The van der Waals surface area contributed by atoms with E-state index < -0.39 is 0 Å². The molecule has 0 unspecified atom stereocenters. The largest absolute Gasteiger partial charge is 0.340 e. The van der Waals surface area contributed by atoms with Crippen molar-refractivity contribution in [1.82, 2.24) is 9.97 Å². The third-order valence-electron chi connectivity index (χ3n) is 3.76. The van der Waals surface area contributed by atoms with Crippen LogP contribution in [0.2, 0.25) is 0 Å². The van der Waals surface area contributed by atoms with Crippen molar-refractivity contribution in [3.63, 3.8) is 0 Å². The van der Waals surface area contributed by atoms with Crippen molar-refractivity contribution in [1.29, 1.82) is 5.26 Å². The van der Waals surface area contributed by atoms with Crippen LogP contribution in [-0.4, -0.2) is 9.97 Å². The first-order chi connectivity index (χ1) is 11.7. The molecule has 5 nitrogen and oxygen atoms in total. The molecule has 0 saturated carbocycles. The Bertz CT molecular complexity index is 912. The molecule has 3 rings (SSSR count). The van der Waals surface area contributed by atoms with Crippen LogP contribution in [0.3, 0.4) is 0 Å². The smallest absolute Gasteiger partial charge is 0.135 e. The van der Waals surface area contributed by atoms with Crippen LogP contribution in [0.4, 0.5) is 23.0 Å². The molecule has 1 heterocycles. The Labute approximate surface area is 141 Å². The average Bonchev–Trinajstić information content (AvgIpc) is 2.59. The van der Waals surface area contributed by atoms with E-state index in [4.69, 9.17) is 5.26 Å². The maximum absolute atomic E-state index is 9.16. The highest BCUT2D eigenvalue weighted by atomic mass is 15.1. The van der Waals surface area contributed by atoms with Gasteiger partial charge in [0.25, 0.3) is 0 Å². The van der Waals surface area contributed by atoms with Crippen molar-refractivity contribution < 1.29 is 0 Å².